The van der Waals surface area contributed by atoms with Crippen molar-refractivity contribution < 1.29 is 9.67 Å². The van der Waals surface area contributed by atoms with Crippen molar-refractivity contribution in [3.05, 3.63) is 60.2 Å². The Hall–Kier alpha value is -1.74. The van der Waals surface area contributed by atoms with Crippen LogP contribution in [0.3, 0.4) is 0 Å². The van der Waals surface area contributed by atoms with Gasteiger partial charge in [-0.25, -0.2) is 4.57 Å². The first-order valence-corrected chi connectivity index (χ1v) is 5.29. The lowest BCUT2D eigenvalue weighted by atomic mass is 10.1. The lowest BCUT2D eigenvalue weighted by molar-refractivity contribution is -0.683. The Labute approximate surface area is 95.0 Å². The molecule has 0 aliphatic rings. The van der Waals surface area contributed by atoms with Crippen LogP contribution in [-0.4, -0.2) is 10.1 Å². The van der Waals surface area contributed by atoms with Crippen LogP contribution < -0.4 is 4.57 Å². The Balaban J connectivity index is 2.15. The van der Waals surface area contributed by atoms with Crippen molar-refractivity contribution >= 4 is 0 Å². The van der Waals surface area contributed by atoms with Gasteiger partial charge in [-0.2, -0.15) is 0 Å². The number of aliphatic hydroxyl groups excluding tert-OH is 1. The Morgan fingerprint density at radius 2 is 2.00 bits per heavy atom. The summed E-state index contributed by atoms with van der Waals surface area (Å²) >= 11 is 0. The van der Waals surface area contributed by atoms with E-state index in [1.54, 1.807) is 12.4 Å². The molecule has 0 bridgehead atoms. The lowest BCUT2D eigenvalue weighted by Crippen LogP contribution is -2.34. The van der Waals surface area contributed by atoms with Gasteiger partial charge in [-0.3, -0.25) is 4.98 Å². The van der Waals surface area contributed by atoms with Gasteiger partial charge in [0.25, 0.3) is 0 Å². The van der Waals surface area contributed by atoms with Crippen LogP contribution in [0.15, 0.2) is 48.9 Å². The molecule has 2 aromatic rings. The first-order valence-electron chi connectivity index (χ1n) is 5.29. The molecule has 0 aliphatic carbocycles. The van der Waals surface area contributed by atoms with Gasteiger partial charge in [-0.1, -0.05) is 6.07 Å². The number of pyridine rings is 2. The topological polar surface area (TPSA) is 37.0 Å². The van der Waals surface area contributed by atoms with E-state index in [9.17, 15) is 5.11 Å². The molecule has 0 unspecified atom stereocenters. The summed E-state index contributed by atoms with van der Waals surface area (Å²) in [6.07, 6.45) is 5.56. The number of aromatic nitrogens is 2. The van der Waals surface area contributed by atoms with E-state index in [2.05, 4.69) is 4.98 Å². The fourth-order valence-electron chi connectivity index (χ4n) is 1.73. The van der Waals surface area contributed by atoms with E-state index in [0.29, 0.717) is 6.42 Å². The summed E-state index contributed by atoms with van der Waals surface area (Å²) in [5.41, 5.74) is 2.01. The van der Waals surface area contributed by atoms with Crippen LogP contribution in [0.2, 0.25) is 0 Å². The van der Waals surface area contributed by atoms with Crippen LogP contribution >= 0.6 is 0 Å². The summed E-state index contributed by atoms with van der Waals surface area (Å²) < 4.78 is 1.94. The highest BCUT2D eigenvalue weighted by Crippen LogP contribution is 2.13. The average Bonchev–Trinajstić information content (AvgIpc) is 2.31. The fourth-order valence-corrected chi connectivity index (χ4v) is 1.73. The molecule has 0 aliphatic heterocycles. The van der Waals surface area contributed by atoms with Crippen LogP contribution in [0.25, 0.3) is 0 Å². The summed E-state index contributed by atoms with van der Waals surface area (Å²) in [6.45, 7) is 0. The predicted octanol–water partition coefficient (Wildman–Crippen LogP) is 1.18. The summed E-state index contributed by atoms with van der Waals surface area (Å²) in [4.78, 5) is 3.96. The van der Waals surface area contributed by atoms with Crippen molar-refractivity contribution in [2.45, 2.75) is 12.5 Å². The second-order valence-electron chi connectivity index (χ2n) is 3.81. The number of aliphatic hydroxyl groups is 1. The molecule has 0 spiro atoms. The quantitative estimate of drug-likeness (QED) is 0.781. The first kappa shape index (κ1) is 10.8. The van der Waals surface area contributed by atoms with Crippen molar-refractivity contribution in [3.63, 3.8) is 0 Å². The molecule has 16 heavy (non-hydrogen) atoms. The van der Waals surface area contributed by atoms with Gasteiger partial charge >= 0.3 is 0 Å². The molecule has 0 saturated heterocycles. The SMILES string of the molecule is C[n+]1ccccc1[C@@H](O)Cc1ccncc1. The fraction of sp³-hybridized carbons (Fsp3) is 0.231. The van der Waals surface area contributed by atoms with Crippen molar-refractivity contribution in [2.75, 3.05) is 0 Å². The Morgan fingerprint density at radius 3 is 2.69 bits per heavy atom. The minimum atomic E-state index is -0.478. The molecule has 3 heteroatoms. The Kier molecular flexibility index (Phi) is 3.27. The minimum Gasteiger partial charge on any atom is -0.382 e. The molecule has 3 nitrogen and oxygen atoms in total. The van der Waals surface area contributed by atoms with Gasteiger partial charge in [-0.05, 0) is 17.7 Å². The molecular weight excluding hydrogens is 200 g/mol. The molecule has 2 rings (SSSR count). The summed E-state index contributed by atoms with van der Waals surface area (Å²) in [5.74, 6) is 0. The van der Waals surface area contributed by atoms with Gasteiger partial charge in [0.05, 0.1) is 0 Å². The maximum absolute atomic E-state index is 10.1. The predicted molar refractivity (Wildman–Crippen MR) is 60.5 cm³/mol. The third kappa shape index (κ3) is 2.44. The molecule has 0 aromatic carbocycles. The maximum atomic E-state index is 10.1. The number of hydrogen-bond donors (Lipinski definition) is 1. The van der Waals surface area contributed by atoms with Gasteiger partial charge in [0.1, 0.15) is 13.2 Å². The zero-order valence-corrected chi connectivity index (χ0v) is 9.24. The minimum absolute atomic E-state index is 0.478. The molecular formula is C13H15N2O+. The highest BCUT2D eigenvalue weighted by Gasteiger charge is 2.16. The molecule has 1 atom stereocenters. The number of nitrogens with zero attached hydrogens (tertiary/aromatic N) is 2. The van der Waals surface area contributed by atoms with E-state index in [0.717, 1.165) is 11.3 Å². The van der Waals surface area contributed by atoms with Gasteiger partial charge in [0, 0.05) is 30.9 Å². The third-order valence-corrected chi connectivity index (χ3v) is 2.61. The Bertz CT molecular complexity index is 456. The van der Waals surface area contributed by atoms with Crippen LogP contribution in [0, 0.1) is 0 Å². The monoisotopic (exact) mass is 215 g/mol. The molecule has 0 radical (unpaired) electrons. The van der Waals surface area contributed by atoms with Gasteiger partial charge in [0.2, 0.25) is 5.69 Å². The van der Waals surface area contributed by atoms with Crippen LogP contribution in [0.4, 0.5) is 0 Å². The molecule has 2 heterocycles. The van der Waals surface area contributed by atoms with Crippen LogP contribution in [-0.2, 0) is 13.5 Å². The number of aryl methyl sites for hydroxylation is 1. The zero-order chi connectivity index (χ0) is 11.4. The highest BCUT2D eigenvalue weighted by molar-refractivity contribution is 5.13. The van der Waals surface area contributed by atoms with Crippen molar-refractivity contribution in [3.8, 4) is 0 Å². The average molecular weight is 215 g/mol. The zero-order valence-electron chi connectivity index (χ0n) is 9.24. The second-order valence-corrected chi connectivity index (χ2v) is 3.81. The summed E-state index contributed by atoms with van der Waals surface area (Å²) in [6, 6.07) is 9.66. The van der Waals surface area contributed by atoms with E-state index in [4.69, 9.17) is 0 Å². The van der Waals surface area contributed by atoms with E-state index >= 15 is 0 Å². The normalized spacial score (nSPS) is 12.4. The standard InChI is InChI=1S/C13H15N2O/c1-15-9-3-2-4-12(15)13(16)10-11-5-7-14-8-6-11/h2-9,13,16H,10H2,1H3/q+1/t13-/m0/s1. The molecule has 0 amide bonds. The summed E-state index contributed by atoms with van der Waals surface area (Å²) in [7, 11) is 1.94. The van der Waals surface area contributed by atoms with E-state index in [1.165, 1.54) is 0 Å². The number of hydrogen-bond acceptors (Lipinski definition) is 2. The van der Waals surface area contributed by atoms with Crippen LogP contribution in [0.5, 0.6) is 0 Å². The maximum Gasteiger partial charge on any atom is 0.210 e. The van der Waals surface area contributed by atoms with E-state index < -0.39 is 6.10 Å². The molecule has 0 fully saturated rings. The molecule has 2 aromatic heterocycles. The van der Waals surface area contributed by atoms with Gasteiger partial charge in [-0.15, -0.1) is 0 Å². The molecule has 82 valence electrons. The van der Waals surface area contributed by atoms with Gasteiger partial charge < -0.3 is 5.11 Å². The van der Waals surface area contributed by atoms with Crippen molar-refractivity contribution in [1.82, 2.24) is 4.98 Å². The largest absolute Gasteiger partial charge is 0.382 e. The first-order chi connectivity index (χ1) is 7.77. The van der Waals surface area contributed by atoms with Crippen molar-refractivity contribution in [2.24, 2.45) is 7.05 Å². The Morgan fingerprint density at radius 1 is 1.25 bits per heavy atom. The molecule has 0 saturated carbocycles. The smallest absolute Gasteiger partial charge is 0.210 e. The van der Waals surface area contributed by atoms with E-state index in [-0.39, 0.29) is 0 Å². The summed E-state index contributed by atoms with van der Waals surface area (Å²) in [5, 5.41) is 10.1. The second kappa shape index (κ2) is 4.86. The molecule has 1 N–H and O–H groups in total. The third-order valence-electron chi connectivity index (χ3n) is 2.61. The lowest BCUT2D eigenvalue weighted by Gasteiger charge is -2.08. The van der Waals surface area contributed by atoms with Gasteiger partial charge in [0.15, 0.2) is 6.20 Å². The van der Waals surface area contributed by atoms with Crippen molar-refractivity contribution in [1.29, 1.82) is 0 Å². The van der Waals surface area contributed by atoms with E-state index in [1.807, 2.05) is 48.1 Å². The number of rotatable bonds is 3. The highest BCUT2D eigenvalue weighted by atomic mass is 16.3. The van der Waals surface area contributed by atoms with Crippen LogP contribution in [0.1, 0.15) is 17.4 Å².